The highest BCUT2D eigenvalue weighted by Gasteiger charge is 2.23. The first kappa shape index (κ1) is 19.2. The van der Waals surface area contributed by atoms with Gasteiger partial charge in [-0.3, -0.25) is 9.52 Å². The molecule has 1 aliphatic rings. The summed E-state index contributed by atoms with van der Waals surface area (Å²) in [5.41, 5.74) is 4.22. The summed E-state index contributed by atoms with van der Waals surface area (Å²) in [6, 6.07) is 21.5. The lowest BCUT2D eigenvalue weighted by atomic mass is 9.99. The number of rotatable bonds is 4. The van der Waals surface area contributed by atoms with Crippen LogP contribution in [0.4, 0.5) is 5.69 Å². The number of fused-ring (bicyclic) bond motifs is 1. The van der Waals surface area contributed by atoms with Crippen LogP contribution < -0.4 is 4.72 Å². The molecule has 148 valence electrons. The Kier molecular flexibility index (Phi) is 5.11. The molecule has 0 saturated carbocycles. The molecule has 1 heterocycles. The SMILES string of the molecule is Cc1cccc(NS(=O)(=O)c2cccc(C(=O)N3CCc4ccccc4C3)c2)c1. The summed E-state index contributed by atoms with van der Waals surface area (Å²) < 4.78 is 28.2. The Morgan fingerprint density at radius 2 is 1.69 bits per heavy atom. The lowest BCUT2D eigenvalue weighted by Crippen LogP contribution is -2.36. The summed E-state index contributed by atoms with van der Waals surface area (Å²) >= 11 is 0. The second-order valence-electron chi connectivity index (χ2n) is 7.25. The summed E-state index contributed by atoms with van der Waals surface area (Å²) in [5, 5.41) is 0. The summed E-state index contributed by atoms with van der Waals surface area (Å²) in [4.78, 5) is 14.8. The minimum absolute atomic E-state index is 0.0715. The third-order valence-corrected chi connectivity index (χ3v) is 6.46. The number of hydrogen-bond acceptors (Lipinski definition) is 3. The van der Waals surface area contributed by atoms with Gasteiger partial charge < -0.3 is 4.90 Å². The van der Waals surface area contributed by atoms with Gasteiger partial charge in [-0.05, 0) is 60.4 Å². The van der Waals surface area contributed by atoms with E-state index in [0.29, 0.717) is 24.3 Å². The van der Waals surface area contributed by atoms with Gasteiger partial charge in [-0.1, -0.05) is 42.5 Å². The molecule has 0 aliphatic carbocycles. The first-order valence-electron chi connectivity index (χ1n) is 9.48. The Labute approximate surface area is 171 Å². The smallest absolute Gasteiger partial charge is 0.261 e. The monoisotopic (exact) mass is 406 g/mol. The second kappa shape index (κ2) is 7.72. The van der Waals surface area contributed by atoms with Gasteiger partial charge in [-0.15, -0.1) is 0 Å². The Hall–Kier alpha value is -3.12. The third kappa shape index (κ3) is 4.17. The summed E-state index contributed by atoms with van der Waals surface area (Å²) in [6.07, 6.45) is 0.800. The van der Waals surface area contributed by atoms with E-state index in [4.69, 9.17) is 0 Å². The van der Waals surface area contributed by atoms with Gasteiger partial charge in [0.2, 0.25) is 0 Å². The van der Waals surface area contributed by atoms with Crippen LogP contribution in [0.1, 0.15) is 27.0 Å². The number of anilines is 1. The zero-order chi connectivity index (χ0) is 20.4. The Balaban J connectivity index is 1.56. The van der Waals surface area contributed by atoms with Crippen LogP contribution in [0.2, 0.25) is 0 Å². The lowest BCUT2D eigenvalue weighted by Gasteiger charge is -2.29. The predicted molar refractivity (Wildman–Crippen MR) is 113 cm³/mol. The molecule has 6 heteroatoms. The van der Waals surface area contributed by atoms with Crippen molar-refractivity contribution in [2.75, 3.05) is 11.3 Å². The van der Waals surface area contributed by atoms with Gasteiger partial charge in [0.1, 0.15) is 0 Å². The van der Waals surface area contributed by atoms with Crippen LogP contribution in [0, 0.1) is 6.92 Å². The van der Waals surface area contributed by atoms with Crippen LogP contribution in [-0.2, 0) is 23.0 Å². The van der Waals surface area contributed by atoms with Crippen molar-refractivity contribution in [2.24, 2.45) is 0 Å². The Morgan fingerprint density at radius 1 is 0.931 bits per heavy atom. The van der Waals surface area contributed by atoms with Crippen molar-refractivity contribution in [1.82, 2.24) is 4.90 Å². The molecular weight excluding hydrogens is 384 g/mol. The van der Waals surface area contributed by atoms with Crippen molar-refractivity contribution >= 4 is 21.6 Å². The molecule has 0 bridgehead atoms. The standard InChI is InChI=1S/C23H22N2O3S/c1-17-6-4-10-21(14-17)24-29(27,28)22-11-5-9-19(15-22)23(26)25-13-12-18-7-2-3-8-20(18)16-25/h2-11,14-15,24H,12-13,16H2,1H3. The van der Waals surface area contributed by atoms with E-state index in [1.54, 1.807) is 35.2 Å². The maximum absolute atomic E-state index is 13.0. The topological polar surface area (TPSA) is 66.5 Å². The van der Waals surface area contributed by atoms with Gasteiger partial charge in [0.25, 0.3) is 15.9 Å². The number of aryl methyl sites for hydroxylation is 1. The maximum Gasteiger partial charge on any atom is 0.261 e. The van der Waals surface area contributed by atoms with Gasteiger partial charge >= 0.3 is 0 Å². The average Bonchev–Trinajstić information content (AvgIpc) is 2.72. The minimum atomic E-state index is -3.79. The number of carbonyl (C=O) groups is 1. The number of amides is 1. The molecule has 1 N–H and O–H groups in total. The van der Waals surface area contributed by atoms with Crippen LogP contribution in [-0.4, -0.2) is 25.8 Å². The Bertz CT molecular complexity index is 1170. The van der Waals surface area contributed by atoms with Crippen molar-refractivity contribution in [1.29, 1.82) is 0 Å². The number of benzene rings is 3. The summed E-state index contributed by atoms with van der Waals surface area (Å²) in [5.74, 6) is -0.160. The van der Waals surface area contributed by atoms with Crippen molar-refractivity contribution < 1.29 is 13.2 Å². The first-order valence-corrected chi connectivity index (χ1v) is 11.0. The fourth-order valence-corrected chi connectivity index (χ4v) is 4.67. The number of nitrogens with one attached hydrogen (secondary N) is 1. The fourth-order valence-electron chi connectivity index (χ4n) is 3.57. The minimum Gasteiger partial charge on any atom is -0.334 e. The molecule has 4 rings (SSSR count). The van der Waals surface area contributed by atoms with Crippen LogP contribution >= 0.6 is 0 Å². The zero-order valence-electron chi connectivity index (χ0n) is 16.1. The highest BCUT2D eigenvalue weighted by atomic mass is 32.2. The van der Waals surface area contributed by atoms with E-state index < -0.39 is 10.0 Å². The summed E-state index contributed by atoms with van der Waals surface area (Å²) in [6.45, 7) is 3.05. The van der Waals surface area contributed by atoms with E-state index in [1.165, 1.54) is 17.7 Å². The quantitative estimate of drug-likeness (QED) is 0.712. The number of hydrogen-bond donors (Lipinski definition) is 1. The second-order valence-corrected chi connectivity index (χ2v) is 8.93. The number of carbonyl (C=O) groups excluding carboxylic acids is 1. The fraction of sp³-hybridized carbons (Fsp3) is 0.174. The van der Waals surface area contributed by atoms with Crippen LogP contribution in [0.25, 0.3) is 0 Å². The van der Waals surface area contributed by atoms with Crippen LogP contribution in [0.3, 0.4) is 0 Å². The van der Waals surface area contributed by atoms with Gasteiger partial charge in [-0.2, -0.15) is 0 Å². The molecule has 29 heavy (non-hydrogen) atoms. The first-order chi connectivity index (χ1) is 13.9. The molecule has 0 fully saturated rings. The predicted octanol–water partition coefficient (Wildman–Crippen LogP) is 3.99. The highest BCUT2D eigenvalue weighted by Crippen LogP contribution is 2.22. The van der Waals surface area contributed by atoms with Crippen molar-refractivity contribution in [2.45, 2.75) is 24.8 Å². The van der Waals surface area contributed by atoms with Gasteiger partial charge in [-0.25, -0.2) is 8.42 Å². The van der Waals surface area contributed by atoms with E-state index in [-0.39, 0.29) is 10.8 Å². The highest BCUT2D eigenvalue weighted by molar-refractivity contribution is 7.92. The number of sulfonamides is 1. The van der Waals surface area contributed by atoms with E-state index in [9.17, 15) is 13.2 Å². The molecule has 3 aromatic rings. The van der Waals surface area contributed by atoms with Crippen molar-refractivity contribution in [3.8, 4) is 0 Å². The molecule has 3 aromatic carbocycles. The summed E-state index contributed by atoms with van der Waals surface area (Å²) in [7, 11) is -3.79. The maximum atomic E-state index is 13.0. The normalized spacial score (nSPS) is 13.6. The van der Waals surface area contributed by atoms with E-state index in [1.807, 2.05) is 31.2 Å². The molecule has 0 radical (unpaired) electrons. The van der Waals surface area contributed by atoms with Crippen LogP contribution in [0.5, 0.6) is 0 Å². The third-order valence-electron chi connectivity index (χ3n) is 5.08. The lowest BCUT2D eigenvalue weighted by molar-refractivity contribution is 0.0734. The van der Waals surface area contributed by atoms with Crippen molar-refractivity contribution in [3.63, 3.8) is 0 Å². The van der Waals surface area contributed by atoms with Crippen molar-refractivity contribution in [3.05, 3.63) is 95.1 Å². The largest absolute Gasteiger partial charge is 0.334 e. The molecule has 0 aromatic heterocycles. The van der Waals surface area contributed by atoms with E-state index >= 15 is 0 Å². The van der Waals surface area contributed by atoms with Crippen LogP contribution in [0.15, 0.2) is 77.7 Å². The molecule has 0 spiro atoms. The molecular formula is C23H22N2O3S. The van der Waals surface area contributed by atoms with Gasteiger partial charge in [0.05, 0.1) is 4.90 Å². The molecule has 0 unspecified atom stereocenters. The molecule has 5 nitrogen and oxygen atoms in total. The Morgan fingerprint density at radius 3 is 2.48 bits per heavy atom. The van der Waals surface area contributed by atoms with E-state index in [2.05, 4.69) is 10.8 Å². The molecule has 0 saturated heterocycles. The number of nitrogens with zero attached hydrogens (tertiary/aromatic N) is 1. The average molecular weight is 407 g/mol. The molecule has 1 aliphatic heterocycles. The molecule has 0 atom stereocenters. The molecule has 1 amide bonds. The van der Waals surface area contributed by atoms with E-state index in [0.717, 1.165) is 17.5 Å². The van der Waals surface area contributed by atoms with Gasteiger partial charge in [0, 0.05) is 24.3 Å². The zero-order valence-corrected chi connectivity index (χ0v) is 16.9. The van der Waals surface area contributed by atoms with Gasteiger partial charge in [0.15, 0.2) is 0 Å².